The van der Waals surface area contributed by atoms with Crippen molar-refractivity contribution < 1.29 is 9.59 Å². The molecule has 1 N–H and O–H groups in total. The topological polar surface area (TPSA) is 91.0 Å². The average molecular weight is 492 g/mol. The van der Waals surface area contributed by atoms with Gasteiger partial charge in [-0.1, -0.05) is 32.4 Å². The summed E-state index contributed by atoms with van der Waals surface area (Å²) in [5.41, 5.74) is 3.06. The smallest absolute Gasteiger partial charge is 0.231 e. The van der Waals surface area contributed by atoms with Crippen LogP contribution < -0.4 is 5.32 Å². The van der Waals surface area contributed by atoms with Gasteiger partial charge in [-0.25, -0.2) is 4.98 Å². The summed E-state index contributed by atoms with van der Waals surface area (Å²) in [6.45, 7) is 10.4. The van der Waals surface area contributed by atoms with E-state index >= 15 is 0 Å². The first-order chi connectivity index (χ1) is 16.5. The SMILES string of the molecule is CC(=O)N1C[C@@H]2C3[C@H](C1)[C@H]2CC3(C)C(=O)Nc1cc(-c2cc(C#N)n3c2CC(C)(C)C3)c(Cl)cn1. The van der Waals surface area contributed by atoms with Gasteiger partial charge in [0.1, 0.15) is 17.6 Å². The Morgan fingerprint density at radius 1 is 1.17 bits per heavy atom. The van der Waals surface area contributed by atoms with Crippen LogP contribution in [0.2, 0.25) is 5.02 Å². The Hall–Kier alpha value is -2.85. The van der Waals surface area contributed by atoms with Gasteiger partial charge in [0.15, 0.2) is 0 Å². The van der Waals surface area contributed by atoms with E-state index in [1.165, 1.54) is 0 Å². The van der Waals surface area contributed by atoms with Crippen LogP contribution >= 0.6 is 11.6 Å². The van der Waals surface area contributed by atoms with Gasteiger partial charge in [-0.3, -0.25) is 9.59 Å². The molecule has 182 valence electrons. The van der Waals surface area contributed by atoms with Crippen molar-refractivity contribution in [1.29, 1.82) is 5.26 Å². The van der Waals surface area contributed by atoms with Crippen LogP contribution in [0.1, 0.15) is 45.5 Å². The number of nitriles is 1. The zero-order valence-electron chi connectivity index (χ0n) is 20.6. The number of amides is 2. The minimum atomic E-state index is -0.459. The maximum Gasteiger partial charge on any atom is 0.231 e. The molecule has 6 aliphatic rings. The third kappa shape index (κ3) is 3.19. The molecule has 5 heterocycles. The second-order valence-electron chi connectivity index (χ2n) is 12.0. The summed E-state index contributed by atoms with van der Waals surface area (Å²) in [5.74, 6) is 2.27. The molecule has 0 radical (unpaired) electrons. The molecule has 35 heavy (non-hydrogen) atoms. The number of nitrogens with zero attached hydrogens (tertiary/aromatic N) is 4. The maximum absolute atomic E-state index is 13.6. The average Bonchev–Trinajstić information content (AvgIpc) is 3.50. The number of hydrogen-bond donors (Lipinski definition) is 1. The molecule has 4 bridgehead atoms. The van der Waals surface area contributed by atoms with E-state index < -0.39 is 5.41 Å². The van der Waals surface area contributed by atoms with Crippen molar-refractivity contribution in [3.8, 4) is 17.2 Å². The zero-order chi connectivity index (χ0) is 24.9. The van der Waals surface area contributed by atoms with Gasteiger partial charge in [0.05, 0.1) is 10.4 Å². The molecule has 5 fully saturated rings. The summed E-state index contributed by atoms with van der Waals surface area (Å²) in [6.07, 6.45) is 3.29. The van der Waals surface area contributed by atoms with E-state index in [1.54, 1.807) is 13.1 Å². The van der Waals surface area contributed by atoms with Crippen LogP contribution in [0.5, 0.6) is 0 Å². The lowest BCUT2D eigenvalue weighted by molar-refractivity contribution is -0.146. The van der Waals surface area contributed by atoms with Gasteiger partial charge in [-0.2, -0.15) is 5.26 Å². The van der Waals surface area contributed by atoms with Crippen LogP contribution in [0.15, 0.2) is 18.3 Å². The second-order valence-corrected chi connectivity index (χ2v) is 12.4. The second kappa shape index (κ2) is 7.33. The van der Waals surface area contributed by atoms with Gasteiger partial charge in [-0.05, 0) is 54.1 Å². The summed E-state index contributed by atoms with van der Waals surface area (Å²) < 4.78 is 2.08. The Morgan fingerprint density at radius 2 is 1.89 bits per heavy atom. The van der Waals surface area contributed by atoms with Crippen LogP contribution in [0.4, 0.5) is 5.82 Å². The van der Waals surface area contributed by atoms with Crippen molar-refractivity contribution in [2.75, 3.05) is 18.4 Å². The number of carbonyl (C=O) groups is 2. The predicted octanol–water partition coefficient (Wildman–Crippen LogP) is 4.35. The monoisotopic (exact) mass is 491 g/mol. The highest BCUT2D eigenvalue weighted by molar-refractivity contribution is 6.33. The van der Waals surface area contributed by atoms with Gasteiger partial charge in [0, 0.05) is 49.6 Å². The normalized spacial score (nSPS) is 31.5. The van der Waals surface area contributed by atoms with Crippen molar-refractivity contribution in [3.63, 3.8) is 0 Å². The molecule has 3 aliphatic heterocycles. The van der Waals surface area contributed by atoms with Crippen molar-refractivity contribution in [2.24, 2.45) is 34.5 Å². The Morgan fingerprint density at radius 3 is 2.54 bits per heavy atom. The Balaban J connectivity index is 1.26. The van der Waals surface area contributed by atoms with E-state index in [0.717, 1.165) is 49.3 Å². The number of pyridine rings is 1. The number of hydrogen-bond acceptors (Lipinski definition) is 4. The fraction of sp³-hybridized carbons (Fsp3) is 0.556. The lowest BCUT2D eigenvalue weighted by Gasteiger charge is -2.55. The summed E-state index contributed by atoms with van der Waals surface area (Å²) in [4.78, 5) is 31.8. The Labute approximate surface area is 210 Å². The van der Waals surface area contributed by atoms with E-state index in [2.05, 4.69) is 41.7 Å². The fourth-order valence-corrected chi connectivity index (χ4v) is 7.88. The number of aromatic nitrogens is 2. The standard InChI is InChI=1S/C27H30ClN5O2/c1-14(34)32-11-19-18-7-27(4,24(19)20(18)12-32)25(35)31-23-6-16(21(28)10-30-23)17-5-15(9-29)33-13-26(2,3)8-22(17)33/h5-6,10,18-20,24H,7-8,11-13H2,1-4H3,(H,30,31,35)/t18-,19-,20+,24?,27?. The largest absolute Gasteiger partial charge is 0.342 e. The summed E-state index contributed by atoms with van der Waals surface area (Å²) in [7, 11) is 0. The molecule has 2 unspecified atom stereocenters. The van der Waals surface area contributed by atoms with E-state index in [4.69, 9.17) is 11.6 Å². The number of halogens is 1. The third-order valence-electron chi connectivity index (χ3n) is 9.19. The van der Waals surface area contributed by atoms with Crippen LogP contribution in [-0.4, -0.2) is 39.4 Å². The molecule has 0 aromatic carbocycles. The first-order valence-corrected chi connectivity index (χ1v) is 12.8. The molecular formula is C27H30ClN5O2. The minimum Gasteiger partial charge on any atom is -0.342 e. The predicted molar refractivity (Wildman–Crippen MR) is 132 cm³/mol. The van der Waals surface area contributed by atoms with E-state index in [0.29, 0.717) is 40.2 Å². The number of rotatable bonds is 3. The number of nitrogens with one attached hydrogen (secondary N) is 1. The molecule has 2 amide bonds. The minimum absolute atomic E-state index is 0.00416. The van der Waals surface area contributed by atoms with Gasteiger partial charge in [0.2, 0.25) is 11.8 Å². The molecule has 2 aromatic heterocycles. The van der Waals surface area contributed by atoms with E-state index in [1.807, 2.05) is 17.0 Å². The first kappa shape index (κ1) is 22.6. The molecule has 8 rings (SSSR count). The Bertz CT molecular complexity index is 1310. The molecule has 5 atom stereocenters. The van der Waals surface area contributed by atoms with Crippen molar-refractivity contribution in [2.45, 2.75) is 47.1 Å². The van der Waals surface area contributed by atoms with Crippen molar-refractivity contribution >= 4 is 29.2 Å². The van der Waals surface area contributed by atoms with E-state index in [9.17, 15) is 14.9 Å². The molecule has 8 heteroatoms. The summed E-state index contributed by atoms with van der Waals surface area (Å²) >= 11 is 6.58. The number of anilines is 1. The van der Waals surface area contributed by atoms with Crippen LogP contribution in [0, 0.1) is 45.8 Å². The number of piperidine rings is 2. The number of fused-ring (bicyclic) bond motifs is 4. The molecule has 3 aliphatic carbocycles. The Kier molecular flexibility index (Phi) is 4.73. The highest BCUT2D eigenvalue weighted by atomic mass is 35.5. The molecule has 2 aromatic rings. The van der Waals surface area contributed by atoms with Crippen LogP contribution in [-0.2, 0) is 22.6 Å². The summed E-state index contributed by atoms with van der Waals surface area (Å²) in [6, 6.07) is 6.04. The quantitative estimate of drug-likeness (QED) is 0.691. The molecule has 0 spiro atoms. The third-order valence-corrected chi connectivity index (χ3v) is 9.49. The van der Waals surface area contributed by atoms with Crippen molar-refractivity contribution in [1.82, 2.24) is 14.5 Å². The zero-order valence-corrected chi connectivity index (χ0v) is 21.3. The highest BCUT2D eigenvalue weighted by Gasteiger charge is 2.70. The van der Waals surface area contributed by atoms with Gasteiger partial charge >= 0.3 is 0 Å². The molecule has 7 nitrogen and oxygen atoms in total. The first-order valence-electron chi connectivity index (χ1n) is 12.4. The lowest BCUT2D eigenvalue weighted by Crippen LogP contribution is -2.60. The maximum atomic E-state index is 13.6. The van der Waals surface area contributed by atoms with Gasteiger partial charge in [-0.15, -0.1) is 0 Å². The number of carbonyl (C=O) groups excluding carboxylic acids is 2. The molecular weight excluding hydrogens is 462 g/mol. The van der Waals surface area contributed by atoms with Crippen molar-refractivity contribution in [3.05, 3.63) is 34.7 Å². The molecule has 2 saturated heterocycles. The van der Waals surface area contributed by atoms with Crippen LogP contribution in [0.3, 0.4) is 0 Å². The summed E-state index contributed by atoms with van der Waals surface area (Å²) in [5, 5.41) is 13.3. The molecule has 3 saturated carbocycles. The van der Waals surface area contributed by atoms with E-state index in [-0.39, 0.29) is 17.2 Å². The van der Waals surface area contributed by atoms with Crippen LogP contribution in [0.25, 0.3) is 11.1 Å². The highest BCUT2D eigenvalue weighted by Crippen LogP contribution is 2.69. The fourth-order valence-electron chi connectivity index (χ4n) is 7.67. The lowest BCUT2D eigenvalue weighted by atomic mass is 9.57. The van der Waals surface area contributed by atoms with Gasteiger partial charge < -0.3 is 14.8 Å². The van der Waals surface area contributed by atoms with Gasteiger partial charge in [0.25, 0.3) is 0 Å².